The van der Waals surface area contributed by atoms with Crippen LogP contribution in [0.15, 0.2) is 18.2 Å². The number of carbonyl (C=O) groups excluding carboxylic acids is 1. The Morgan fingerprint density at radius 1 is 0.882 bits per heavy atom. The Bertz CT molecular complexity index is 740. The van der Waals surface area contributed by atoms with Crippen LogP contribution in [0.25, 0.3) is 0 Å². The minimum absolute atomic E-state index is 0.162. The highest BCUT2D eigenvalue weighted by Crippen LogP contribution is 2.29. The number of rotatable bonds is 16. The van der Waals surface area contributed by atoms with Crippen LogP contribution in [-0.4, -0.2) is 21.0 Å². The number of amides is 1. The summed E-state index contributed by atoms with van der Waals surface area (Å²) in [6, 6.07) is 6.01. The molecule has 0 spiro atoms. The first-order valence-corrected chi connectivity index (χ1v) is 14.2. The van der Waals surface area contributed by atoms with E-state index in [-0.39, 0.29) is 11.0 Å². The Labute approximate surface area is 227 Å². The Kier molecular flexibility index (Phi) is 16.2. The third kappa shape index (κ3) is 14.6. The fraction of sp³-hybridized carbons (Fsp3) is 0.692. The van der Waals surface area contributed by atoms with Crippen LogP contribution in [0.2, 0.25) is 0 Å². The highest BCUT2D eigenvalue weighted by Gasteiger charge is 2.34. The van der Waals surface area contributed by atoms with Gasteiger partial charge >= 0.3 is 0 Å². The van der Waals surface area contributed by atoms with E-state index >= 15 is 0 Å². The Morgan fingerprint density at radius 3 is 1.94 bits per heavy atom. The molecule has 34 heavy (non-hydrogen) atoms. The minimum Gasteiger partial charge on any atom is -0.339 e. The van der Waals surface area contributed by atoms with Crippen molar-refractivity contribution in [3.63, 3.8) is 0 Å². The molecule has 4 nitrogen and oxygen atoms in total. The number of anilines is 1. The quantitative estimate of drug-likeness (QED) is 0.0836. The molecule has 1 amide bonds. The van der Waals surface area contributed by atoms with Crippen LogP contribution in [-0.2, 0) is 4.79 Å². The average Bonchev–Trinajstić information content (AvgIpc) is 2.76. The number of alkyl halides is 3. The van der Waals surface area contributed by atoms with Crippen LogP contribution in [0.3, 0.4) is 0 Å². The van der Waals surface area contributed by atoms with Gasteiger partial charge in [0.25, 0.3) is 0 Å². The van der Waals surface area contributed by atoms with Gasteiger partial charge in [0.05, 0.1) is 0 Å². The molecular formula is C26H42Cl3N3OS. The lowest BCUT2D eigenvalue weighted by molar-refractivity contribution is -0.122. The fourth-order valence-electron chi connectivity index (χ4n) is 3.72. The van der Waals surface area contributed by atoms with E-state index in [9.17, 15) is 4.79 Å². The molecule has 0 saturated carbocycles. The first kappa shape index (κ1) is 31.3. The standard InChI is InChI=1S/C26H42Cl3N3OS/c1-4-5-6-7-8-9-10-11-12-13-14-15-16-23(33)31-24(26(27,28)29)32-25(34)30-22-19-20(2)17-18-21(22)3/h17-19,24H,4-16H2,1-3H3,(H,31,33)(H2,30,32,34)/t24-/m0/s1. The molecule has 1 aromatic carbocycles. The van der Waals surface area contributed by atoms with Gasteiger partial charge in [-0.3, -0.25) is 4.79 Å². The van der Waals surface area contributed by atoms with Crippen molar-refractivity contribution in [3.8, 4) is 0 Å². The molecule has 0 saturated heterocycles. The van der Waals surface area contributed by atoms with Gasteiger partial charge in [0, 0.05) is 12.1 Å². The number of benzene rings is 1. The number of halogens is 3. The molecule has 0 heterocycles. The molecule has 0 aliphatic carbocycles. The maximum absolute atomic E-state index is 12.4. The fourth-order valence-corrected chi connectivity index (χ4v) is 4.27. The Balaban J connectivity index is 2.27. The number of carbonyl (C=O) groups is 1. The third-order valence-corrected chi connectivity index (χ3v) is 6.68. The summed E-state index contributed by atoms with van der Waals surface area (Å²) in [6.07, 6.45) is 14.4. The number of aryl methyl sites for hydroxylation is 2. The predicted molar refractivity (Wildman–Crippen MR) is 153 cm³/mol. The van der Waals surface area contributed by atoms with Gasteiger partial charge in [-0.15, -0.1) is 0 Å². The van der Waals surface area contributed by atoms with Gasteiger partial charge in [-0.05, 0) is 49.7 Å². The molecular weight excluding hydrogens is 509 g/mol. The van der Waals surface area contributed by atoms with Crippen molar-refractivity contribution >= 4 is 63.7 Å². The number of hydrogen-bond donors (Lipinski definition) is 3. The van der Waals surface area contributed by atoms with Crippen LogP contribution in [0.4, 0.5) is 5.69 Å². The summed E-state index contributed by atoms with van der Waals surface area (Å²) in [4.78, 5) is 12.4. The minimum atomic E-state index is -1.75. The molecule has 0 bridgehead atoms. The molecule has 0 aromatic heterocycles. The average molecular weight is 551 g/mol. The Hall–Kier alpha value is -0.750. The van der Waals surface area contributed by atoms with Gasteiger partial charge in [0.2, 0.25) is 9.70 Å². The second kappa shape index (κ2) is 17.6. The number of hydrogen-bond acceptors (Lipinski definition) is 2. The van der Waals surface area contributed by atoms with E-state index in [4.69, 9.17) is 47.0 Å². The van der Waals surface area contributed by atoms with E-state index in [1.165, 1.54) is 57.8 Å². The second-order valence-corrected chi connectivity index (χ2v) is 11.9. The molecule has 8 heteroatoms. The zero-order chi connectivity index (χ0) is 25.4. The maximum atomic E-state index is 12.4. The highest BCUT2D eigenvalue weighted by atomic mass is 35.6. The first-order chi connectivity index (χ1) is 16.1. The normalized spacial score (nSPS) is 12.3. The van der Waals surface area contributed by atoms with E-state index in [2.05, 4.69) is 22.9 Å². The molecule has 0 fully saturated rings. The van der Waals surface area contributed by atoms with E-state index in [1.54, 1.807) is 0 Å². The maximum Gasteiger partial charge on any atom is 0.228 e. The lowest BCUT2D eigenvalue weighted by Gasteiger charge is -2.28. The van der Waals surface area contributed by atoms with Gasteiger partial charge < -0.3 is 16.0 Å². The molecule has 0 aliphatic rings. The smallest absolute Gasteiger partial charge is 0.228 e. The molecule has 3 N–H and O–H groups in total. The summed E-state index contributed by atoms with van der Waals surface area (Å²) < 4.78 is -1.75. The molecule has 0 unspecified atom stereocenters. The zero-order valence-corrected chi connectivity index (χ0v) is 24.0. The lowest BCUT2D eigenvalue weighted by atomic mass is 10.0. The van der Waals surface area contributed by atoms with Crippen molar-refractivity contribution < 1.29 is 4.79 Å². The van der Waals surface area contributed by atoms with E-state index in [0.717, 1.165) is 36.1 Å². The van der Waals surface area contributed by atoms with Gasteiger partial charge in [-0.2, -0.15) is 0 Å². The van der Waals surface area contributed by atoms with Crippen molar-refractivity contribution in [2.24, 2.45) is 0 Å². The highest BCUT2D eigenvalue weighted by molar-refractivity contribution is 7.80. The molecule has 1 atom stereocenters. The van der Waals surface area contributed by atoms with Crippen molar-refractivity contribution in [3.05, 3.63) is 29.3 Å². The van der Waals surface area contributed by atoms with Crippen LogP contribution in [0, 0.1) is 13.8 Å². The van der Waals surface area contributed by atoms with Crippen molar-refractivity contribution in [1.82, 2.24) is 10.6 Å². The van der Waals surface area contributed by atoms with Crippen molar-refractivity contribution in [2.75, 3.05) is 5.32 Å². The van der Waals surface area contributed by atoms with Crippen LogP contribution < -0.4 is 16.0 Å². The summed E-state index contributed by atoms with van der Waals surface area (Å²) in [5.74, 6) is -0.162. The molecule has 1 rings (SSSR count). The summed E-state index contributed by atoms with van der Waals surface area (Å²) >= 11 is 23.7. The van der Waals surface area contributed by atoms with Crippen LogP contribution in [0.1, 0.15) is 102 Å². The van der Waals surface area contributed by atoms with Crippen molar-refractivity contribution in [1.29, 1.82) is 0 Å². The summed E-state index contributed by atoms with van der Waals surface area (Å²) in [5.41, 5.74) is 3.00. The molecule has 1 aromatic rings. The molecule has 0 aliphatic heterocycles. The monoisotopic (exact) mass is 549 g/mol. The largest absolute Gasteiger partial charge is 0.339 e. The SMILES string of the molecule is CCCCCCCCCCCCCCC(=O)N[C@@H](NC(=S)Nc1cc(C)ccc1C)C(Cl)(Cl)Cl. The predicted octanol–water partition coefficient (Wildman–Crippen LogP) is 8.49. The Morgan fingerprint density at radius 2 is 1.41 bits per heavy atom. The van der Waals surface area contributed by atoms with Gasteiger partial charge in [-0.1, -0.05) is 124 Å². The van der Waals surface area contributed by atoms with Gasteiger partial charge in [-0.25, -0.2) is 0 Å². The third-order valence-electron chi connectivity index (χ3n) is 5.81. The van der Waals surface area contributed by atoms with Gasteiger partial charge in [0.15, 0.2) is 5.11 Å². The van der Waals surface area contributed by atoms with E-state index in [1.807, 2.05) is 32.0 Å². The summed E-state index contributed by atoms with van der Waals surface area (Å²) in [6.45, 7) is 6.23. The number of unbranched alkanes of at least 4 members (excludes halogenated alkanes) is 11. The molecule has 194 valence electrons. The number of nitrogens with one attached hydrogen (secondary N) is 3. The summed E-state index contributed by atoms with van der Waals surface area (Å²) in [5, 5.41) is 9.07. The van der Waals surface area contributed by atoms with Crippen molar-refractivity contribution in [2.45, 2.75) is 114 Å². The van der Waals surface area contributed by atoms with E-state index < -0.39 is 9.96 Å². The first-order valence-electron chi connectivity index (χ1n) is 12.6. The van der Waals surface area contributed by atoms with E-state index in [0.29, 0.717) is 6.42 Å². The topological polar surface area (TPSA) is 53.2 Å². The summed E-state index contributed by atoms with van der Waals surface area (Å²) in [7, 11) is 0. The van der Waals surface area contributed by atoms with Gasteiger partial charge in [0.1, 0.15) is 6.17 Å². The molecule has 0 radical (unpaired) electrons. The van der Waals surface area contributed by atoms with Crippen LogP contribution in [0.5, 0.6) is 0 Å². The zero-order valence-electron chi connectivity index (χ0n) is 21.0. The lowest BCUT2D eigenvalue weighted by Crippen LogP contribution is -2.56. The number of thiocarbonyl (C=S) groups is 1. The van der Waals surface area contributed by atoms with Crippen LogP contribution >= 0.6 is 47.0 Å². The second-order valence-electron chi connectivity index (χ2n) is 9.10.